The van der Waals surface area contributed by atoms with Crippen molar-refractivity contribution in [3.8, 4) is 0 Å². The van der Waals surface area contributed by atoms with Crippen LogP contribution in [-0.2, 0) is 22.6 Å². The maximum absolute atomic E-state index is 10.8. The Hall–Kier alpha value is -1.39. The summed E-state index contributed by atoms with van der Waals surface area (Å²) in [5.74, 6) is -0.809. The number of hydrogen-bond donors (Lipinski definition) is 2. The first kappa shape index (κ1) is 14.0. The molecule has 0 radical (unpaired) electrons. The summed E-state index contributed by atoms with van der Waals surface area (Å²) >= 11 is 0. The number of hydrogen-bond acceptors (Lipinski definition) is 3. The fraction of sp³-hybridized carbons (Fsp3) is 0.533. The van der Waals surface area contributed by atoms with Crippen molar-refractivity contribution in [2.45, 2.75) is 50.9 Å². The van der Waals surface area contributed by atoms with Gasteiger partial charge in [-0.3, -0.25) is 4.79 Å². The molecule has 3 N–H and O–H groups in total. The molecule has 0 atom stereocenters. The smallest absolute Gasteiger partial charge is 0.307 e. The minimum absolute atomic E-state index is 0.0507. The van der Waals surface area contributed by atoms with Crippen LogP contribution in [0.3, 0.4) is 0 Å². The third-order valence-corrected chi connectivity index (χ3v) is 3.65. The Kier molecular flexibility index (Phi) is 4.93. The van der Waals surface area contributed by atoms with Gasteiger partial charge in [-0.25, -0.2) is 0 Å². The van der Waals surface area contributed by atoms with Crippen molar-refractivity contribution in [1.82, 2.24) is 0 Å². The van der Waals surface area contributed by atoms with Gasteiger partial charge in [0.15, 0.2) is 0 Å². The lowest BCUT2D eigenvalue weighted by Crippen LogP contribution is -2.30. The van der Waals surface area contributed by atoms with Gasteiger partial charge in [0.25, 0.3) is 0 Å². The fourth-order valence-electron chi connectivity index (χ4n) is 2.50. The molecule has 0 spiro atoms. The molecule has 0 unspecified atom stereocenters. The van der Waals surface area contributed by atoms with Crippen molar-refractivity contribution < 1.29 is 14.6 Å². The molecule has 1 fully saturated rings. The normalized spacial score (nSPS) is 23.2. The second kappa shape index (κ2) is 6.68. The van der Waals surface area contributed by atoms with Gasteiger partial charge in [-0.1, -0.05) is 24.3 Å². The number of ether oxygens (including phenoxy) is 1. The van der Waals surface area contributed by atoms with E-state index in [2.05, 4.69) is 0 Å². The van der Waals surface area contributed by atoms with E-state index in [0.717, 1.165) is 36.8 Å². The quantitative estimate of drug-likeness (QED) is 0.853. The van der Waals surface area contributed by atoms with Crippen LogP contribution in [0.15, 0.2) is 24.3 Å². The standard InChI is InChI=1S/C15H21NO3/c16-13-5-7-14(8-6-13)19-10-12-4-2-1-3-11(12)9-15(17)18/h1-4,13-14H,5-10,16H2,(H,17,18). The molecule has 0 aliphatic heterocycles. The highest BCUT2D eigenvalue weighted by atomic mass is 16.5. The molecule has 1 aromatic carbocycles. The van der Waals surface area contributed by atoms with Crippen LogP contribution < -0.4 is 5.73 Å². The summed E-state index contributed by atoms with van der Waals surface area (Å²) in [7, 11) is 0. The van der Waals surface area contributed by atoms with Crippen LogP contribution in [0.2, 0.25) is 0 Å². The van der Waals surface area contributed by atoms with Gasteiger partial charge >= 0.3 is 5.97 Å². The molecule has 0 saturated heterocycles. The lowest BCUT2D eigenvalue weighted by atomic mass is 9.93. The fourth-order valence-corrected chi connectivity index (χ4v) is 2.50. The molecule has 0 aromatic heterocycles. The zero-order valence-corrected chi connectivity index (χ0v) is 11.0. The summed E-state index contributed by atoms with van der Waals surface area (Å²) in [5.41, 5.74) is 7.67. The van der Waals surface area contributed by atoms with E-state index in [1.165, 1.54) is 0 Å². The van der Waals surface area contributed by atoms with Crippen LogP contribution in [0, 0.1) is 0 Å². The van der Waals surface area contributed by atoms with Crippen LogP contribution in [0.5, 0.6) is 0 Å². The predicted molar refractivity (Wildman–Crippen MR) is 72.8 cm³/mol. The van der Waals surface area contributed by atoms with Crippen LogP contribution >= 0.6 is 0 Å². The van der Waals surface area contributed by atoms with Crippen molar-refractivity contribution in [3.63, 3.8) is 0 Å². The Balaban J connectivity index is 1.90. The molecule has 1 aliphatic rings. The van der Waals surface area contributed by atoms with Crippen LogP contribution in [0.4, 0.5) is 0 Å². The van der Waals surface area contributed by atoms with Crippen molar-refractivity contribution >= 4 is 5.97 Å². The van der Waals surface area contributed by atoms with E-state index in [4.69, 9.17) is 15.6 Å². The lowest BCUT2D eigenvalue weighted by Gasteiger charge is -2.26. The SMILES string of the molecule is NC1CCC(OCc2ccccc2CC(=O)O)CC1. The maximum Gasteiger partial charge on any atom is 0.307 e. The Morgan fingerprint density at radius 1 is 1.21 bits per heavy atom. The Labute approximate surface area is 113 Å². The molecule has 0 bridgehead atoms. The van der Waals surface area contributed by atoms with Crippen LogP contribution in [0.1, 0.15) is 36.8 Å². The van der Waals surface area contributed by atoms with E-state index in [1.807, 2.05) is 24.3 Å². The zero-order chi connectivity index (χ0) is 13.7. The van der Waals surface area contributed by atoms with Gasteiger partial charge in [0.2, 0.25) is 0 Å². The number of nitrogens with two attached hydrogens (primary N) is 1. The van der Waals surface area contributed by atoms with E-state index in [1.54, 1.807) is 0 Å². The molecule has 1 aliphatic carbocycles. The lowest BCUT2D eigenvalue weighted by molar-refractivity contribution is -0.136. The third kappa shape index (κ3) is 4.33. The summed E-state index contributed by atoms with van der Waals surface area (Å²) < 4.78 is 5.89. The Morgan fingerprint density at radius 3 is 2.47 bits per heavy atom. The van der Waals surface area contributed by atoms with Crippen molar-refractivity contribution in [2.75, 3.05) is 0 Å². The number of aliphatic carboxylic acids is 1. The molecule has 104 valence electrons. The second-order valence-corrected chi connectivity index (χ2v) is 5.19. The summed E-state index contributed by atoms with van der Waals surface area (Å²) in [5, 5.41) is 8.88. The summed E-state index contributed by atoms with van der Waals surface area (Å²) in [4.78, 5) is 10.8. The van der Waals surface area contributed by atoms with Gasteiger partial charge in [0.05, 0.1) is 19.1 Å². The number of carboxylic acids is 1. The molecule has 0 amide bonds. The first-order chi connectivity index (χ1) is 9.15. The molecule has 1 aromatic rings. The Bertz CT molecular complexity index is 425. The highest BCUT2D eigenvalue weighted by Gasteiger charge is 2.19. The molecule has 4 heteroatoms. The molecule has 1 saturated carbocycles. The highest BCUT2D eigenvalue weighted by Crippen LogP contribution is 2.21. The summed E-state index contributed by atoms with van der Waals surface area (Å²) in [6.07, 6.45) is 4.35. The van der Waals surface area contributed by atoms with Gasteiger partial charge in [0.1, 0.15) is 0 Å². The number of rotatable bonds is 5. The molecule has 4 nitrogen and oxygen atoms in total. The second-order valence-electron chi connectivity index (χ2n) is 5.19. The van der Waals surface area contributed by atoms with E-state index in [0.29, 0.717) is 12.6 Å². The topological polar surface area (TPSA) is 72.5 Å². The minimum atomic E-state index is -0.809. The van der Waals surface area contributed by atoms with Gasteiger partial charge < -0.3 is 15.6 Å². The number of carboxylic acid groups (broad SMARTS) is 1. The molecule has 0 heterocycles. The van der Waals surface area contributed by atoms with Gasteiger partial charge in [-0.15, -0.1) is 0 Å². The van der Waals surface area contributed by atoms with Gasteiger partial charge in [-0.05, 0) is 36.8 Å². The third-order valence-electron chi connectivity index (χ3n) is 3.65. The van der Waals surface area contributed by atoms with E-state index >= 15 is 0 Å². The number of carbonyl (C=O) groups is 1. The summed E-state index contributed by atoms with van der Waals surface area (Å²) in [6, 6.07) is 7.89. The van der Waals surface area contributed by atoms with Crippen LogP contribution in [-0.4, -0.2) is 23.2 Å². The average Bonchev–Trinajstić information content (AvgIpc) is 2.39. The van der Waals surface area contributed by atoms with Crippen molar-refractivity contribution in [2.24, 2.45) is 5.73 Å². The zero-order valence-electron chi connectivity index (χ0n) is 11.0. The molecular weight excluding hydrogens is 242 g/mol. The Morgan fingerprint density at radius 2 is 1.84 bits per heavy atom. The van der Waals surface area contributed by atoms with Crippen LogP contribution in [0.25, 0.3) is 0 Å². The summed E-state index contributed by atoms with van der Waals surface area (Å²) in [6.45, 7) is 0.489. The minimum Gasteiger partial charge on any atom is -0.481 e. The van der Waals surface area contributed by atoms with E-state index in [9.17, 15) is 4.79 Å². The van der Waals surface area contributed by atoms with E-state index < -0.39 is 5.97 Å². The largest absolute Gasteiger partial charge is 0.481 e. The number of benzene rings is 1. The van der Waals surface area contributed by atoms with Crippen molar-refractivity contribution in [3.05, 3.63) is 35.4 Å². The van der Waals surface area contributed by atoms with Gasteiger partial charge in [0, 0.05) is 6.04 Å². The van der Waals surface area contributed by atoms with Gasteiger partial charge in [-0.2, -0.15) is 0 Å². The average molecular weight is 263 g/mol. The monoisotopic (exact) mass is 263 g/mol. The first-order valence-electron chi connectivity index (χ1n) is 6.81. The molecular formula is C15H21NO3. The predicted octanol–water partition coefficient (Wildman–Crippen LogP) is 2.10. The molecule has 19 heavy (non-hydrogen) atoms. The molecule has 2 rings (SSSR count). The van der Waals surface area contributed by atoms with Crippen molar-refractivity contribution in [1.29, 1.82) is 0 Å². The maximum atomic E-state index is 10.8. The highest BCUT2D eigenvalue weighted by molar-refractivity contribution is 5.70. The first-order valence-corrected chi connectivity index (χ1v) is 6.81. The van der Waals surface area contributed by atoms with E-state index in [-0.39, 0.29) is 12.5 Å².